The van der Waals surface area contributed by atoms with Gasteiger partial charge in [-0.1, -0.05) is 113 Å². The first kappa shape index (κ1) is 87.9. The van der Waals surface area contributed by atoms with E-state index in [-0.39, 0.29) is 100 Å². The Hall–Kier alpha value is -5.99. The molecule has 0 radical (unpaired) electrons. The fourth-order valence-corrected chi connectivity index (χ4v) is 17.7. The van der Waals surface area contributed by atoms with Crippen LogP contribution in [0, 0.1) is 47.3 Å². The van der Waals surface area contributed by atoms with Crippen LogP contribution in [0.2, 0.25) is 0 Å². The molecule has 2 heterocycles. The molecule has 24 nitrogen and oxygen atoms in total. The zero-order valence-electron chi connectivity index (χ0n) is 65.7. The second kappa shape index (κ2) is 38.4. The van der Waals surface area contributed by atoms with Crippen molar-refractivity contribution in [2.24, 2.45) is 47.3 Å². The molecule has 596 valence electrons. The molecule has 0 aromatic carbocycles. The summed E-state index contributed by atoms with van der Waals surface area (Å²) >= 11 is 13.3. The minimum absolute atomic E-state index is 0.00439. The van der Waals surface area contributed by atoms with Crippen LogP contribution in [0.4, 0.5) is 13.2 Å². The zero-order valence-corrected chi connectivity index (χ0v) is 67.2. The molecule has 105 heavy (non-hydrogen) atoms. The number of carbonyl (C=O) groups excluding carboxylic acids is 12. The van der Waals surface area contributed by atoms with E-state index in [0.29, 0.717) is 44.4 Å². The summed E-state index contributed by atoms with van der Waals surface area (Å²) in [5.41, 5.74) is -1.63. The molecule has 0 bridgehead atoms. The lowest BCUT2D eigenvalue weighted by Crippen LogP contribution is -2.65. The summed E-state index contributed by atoms with van der Waals surface area (Å²) in [7, 11) is 13.0. The van der Waals surface area contributed by atoms with E-state index in [1.54, 1.807) is 13.8 Å². The van der Waals surface area contributed by atoms with Crippen LogP contribution in [-0.2, 0) is 57.5 Å². The van der Waals surface area contributed by atoms with Crippen molar-refractivity contribution in [2.45, 2.75) is 286 Å². The Kier molecular flexibility index (Phi) is 32.1. The Balaban J connectivity index is 1.48. The molecular weight excluding hydrogens is 1400 g/mol. The van der Waals surface area contributed by atoms with E-state index in [0.717, 1.165) is 43.4 Å². The maximum atomic E-state index is 15.8. The Morgan fingerprint density at radius 1 is 0.600 bits per heavy atom. The molecule has 5 unspecified atom stereocenters. The average Bonchev–Trinajstić information content (AvgIpc) is 1.75. The molecule has 4 aliphatic carbocycles. The maximum absolute atomic E-state index is 15.8. The van der Waals surface area contributed by atoms with Crippen molar-refractivity contribution in [3.63, 3.8) is 0 Å². The number of rotatable bonds is 14. The van der Waals surface area contributed by atoms with Crippen molar-refractivity contribution in [1.82, 2.24) is 60.0 Å². The minimum Gasteiger partial charge on any atom is -0.347 e. The zero-order chi connectivity index (χ0) is 78.6. The van der Waals surface area contributed by atoms with Gasteiger partial charge in [0.15, 0.2) is 0 Å². The van der Waals surface area contributed by atoms with Gasteiger partial charge in [0.2, 0.25) is 70.9 Å². The number of amides is 12. The molecule has 3 N–H and O–H groups in total. The van der Waals surface area contributed by atoms with Crippen molar-refractivity contribution < 1.29 is 70.7 Å². The van der Waals surface area contributed by atoms with Crippen molar-refractivity contribution in [2.75, 3.05) is 76.5 Å². The molecule has 6 rings (SSSR count). The molecular formula is C76H125Cl2F3N12O12. The van der Waals surface area contributed by atoms with Gasteiger partial charge in [0.1, 0.15) is 59.9 Å². The lowest BCUT2D eigenvalue weighted by Gasteiger charge is -2.45. The maximum Gasteiger partial charge on any atom is 0.393 e. The van der Waals surface area contributed by atoms with Crippen molar-refractivity contribution in [1.29, 1.82) is 0 Å². The standard InChI is InChI=1S/C76H125Cl2F3N12O12/c1-18-46(6)63-72(103)87(12)48(8)67(98)93-36-33-56(93)71(102)90(15)59(40-50-27-25-45(5)26-28-50)70(101)86(11)43-61(94)82-55(32-30-49-29-31-53(54(78)39-49)76(79,80)81)68(99)89(14)58(41-51-23-22-24-52(77)38-51)66(97)84-75(34-20-21-35-75)74(105)92(17)64(47(7)19-2)73(104)91(16)60(69(100)85(9)10)42-62(95)88(13)57(37-44(3)4)65(96)83-63/h44-60,63-64H,18-43H2,1-17H3,(H,82,94)(H,83,96)(H,84,97)/t45?,46-,47-,48-,49?,50?,51?,52?,53?,54?,55-,56-,57-,58-,59-,60-,63-,64-/m0/s1. The van der Waals surface area contributed by atoms with Gasteiger partial charge in [0.05, 0.1) is 18.9 Å². The molecule has 0 aromatic rings. The number of hydrogen-bond acceptors (Lipinski definition) is 12. The third kappa shape index (κ3) is 21.9. The predicted octanol–water partition coefficient (Wildman–Crippen LogP) is 7.83. The molecule has 2 saturated heterocycles. The summed E-state index contributed by atoms with van der Waals surface area (Å²) in [5.74, 6) is -11.0. The van der Waals surface area contributed by atoms with E-state index in [9.17, 15) is 46.7 Å². The molecule has 2 aliphatic heterocycles. The first-order chi connectivity index (χ1) is 49.1. The van der Waals surface area contributed by atoms with Gasteiger partial charge in [0, 0.05) is 80.7 Å². The van der Waals surface area contributed by atoms with Crippen molar-refractivity contribution in [3.05, 3.63) is 0 Å². The Labute approximate surface area is 632 Å². The van der Waals surface area contributed by atoms with Crippen LogP contribution in [0.1, 0.15) is 209 Å². The van der Waals surface area contributed by atoms with Crippen LogP contribution in [0.3, 0.4) is 0 Å². The first-order valence-electron chi connectivity index (χ1n) is 38.7. The second-order valence-corrected chi connectivity index (χ2v) is 34.0. The highest BCUT2D eigenvalue weighted by molar-refractivity contribution is 6.21. The minimum atomic E-state index is -4.53. The SMILES string of the molecule is CC[C@H](C)[C@@H]1NC(=O)[C@H](CC(C)C)N(C)C(=O)C[C@@H](C(=O)N(C)C)N(C)C(=O)[C@H]([C@@H](C)CC)N(C)C(=O)C2(CCCC2)NC(=O)[C@H](CC2CCCC(Cl)C2)N(C)C(=O)[C@H](CCC2CCC(C(F)(F)F)C(Cl)C2)NC(=O)CN(C)C(=O)[C@H](CC2CCC(C)CC2)N(C)C(=O)[C@@H]2CCN2C(=O)[C@H](C)N(C)C1=O. The number of alkyl halides is 5. The van der Waals surface area contributed by atoms with Crippen LogP contribution < -0.4 is 16.0 Å². The normalized spacial score (nSPS) is 32.4. The number of carbonyl (C=O) groups is 12. The highest BCUT2D eigenvalue weighted by Gasteiger charge is 2.52. The summed E-state index contributed by atoms with van der Waals surface area (Å²) < 4.78 is 42.4. The van der Waals surface area contributed by atoms with Gasteiger partial charge in [0.25, 0.3) is 0 Å². The number of nitrogens with zero attached hydrogens (tertiary/aromatic N) is 9. The number of nitrogens with one attached hydrogen (secondary N) is 3. The lowest BCUT2D eigenvalue weighted by molar-refractivity contribution is -0.182. The van der Waals surface area contributed by atoms with Crippen LogP contribution in [0.15, 0.2) is 0 Å². The van der Waals surface area contributed by atoms with E-state index in [4.69, 9.17) is 23.2 Å². The van der Waals surface area contributed by atoms with Crippen LogP contribution >= 0.6 is 23.2 Å². The van der Waals surface area contributed by atoms with Gasteiger partial charge in [-0.3, -0.25) is 57.5 Å². The van der Waals surface area contributed by atoms with Gasteiger partial charge in [-0.2, -0.15) is 13.2 Å². The van der Waals surface area contributed by atoms with Crippen LogP contribution in [-0.4, -0.2) is 268 Å². The third-order valence-corrected chi connectivity index (χ3v) is 25.4. The molecule has 29 heteroatoms. The molecule has 0 aromatic heterocycles. The topological polar surface area (TPSA) is 270 Å². The van der Waals surface area contributed by atoms with E-state index >= 15 is 24.0 Å². The molecule has 16 atom stereocenters. The van der Waals surface area contributed by atoms with Gasteiger partial charge in [-0.05, 0) is 132 Å². The fourth-order valence-electron chi connectivity index (χ4n) is 16.8. The molecule has 6 fully saturated rings. The first-order valence-corrected chi connectivity index (χ1v) is 39.6. The molecule has 12 amide bonds. The highest BCUT2D eigenvalue weighted by atomic mass is 35.5. The van der Waals surface area contributed by atoms with Gasteiger partial charge < -0.3 is 60.0 Å². The monoisotopic (exact) mass is 1520 g/mol. The lowest BCUT2D eigenvalue weighted by atomic mass is 9.78. The third-order valence-electron chi connectivity index (χ3n) is 24.6. The second-order valence-electron chi connectivity index (χ2n) is 32.8. The number of fused-ring (bicyclic) bond motifs is 1. The Bertz CT molecular complexity index is 3060. The quantitative estimate of drug-likeness (QED) is 0.141. The fraction of sp³-hybridized carbons (Fsp3) is 0.842. The number of hydrogen-bond donors (Lipinski definition) is 3. The van der Waals surface area contributed by atoms with E-state index < -0.39 is 179 Å². The average molecular weight is 1530 g/mol. The number of likely N-dealkylation sites (N-methyl/N-ethyl adjacent to an activating group) is 8. The molecule has 1 spiro atoms. The van der Waals surface area contributed by atoms with Crippen LogP contribution in [0.25, 0.3) is 0 Å². The summed E-state index contributed by atoms with van der Waals surface area (Å²) in [6.07, 6.45) is 3.32. The Morgan fingerprint density at radius 2 is 1.20 bits per heavy atom. The summed E-state index contributed by atoms with van der Waals surface area (Å²) in [6.45, 7) is 14.1. The van der Waals surface area contributed by atoms with E-state index in [1.165, 1.54) is 110 Å². The van der Waals surface area contributed by atoms with E-state index in [2.05, 4.69) is 22.9 Å². The number of halogens is 5. The van der Waals surface area contributed by atoms with Gasteiger partial charge in [-0.25, -0.2) is 0 Å². The van der Waals surface area contributed by atoms with E-state index in [1.807, 2.05) is 27.7 Å². The highest BCUT2D eigenvalue weighted by Crippen LogP contribution is 2.44. The summed E-state index contributed by atoms with van der Waals surface area (Å²) in [5, 5.41) is 7.43. The summed E-state index contributed by atoms with van der Waals surface area (Å²) in [4.78, 5) is 193. The summed E-state index contributed by atoms with van der Waals surface area (Å²) in [6, 6.07) is -11.2. The molecule has 6 aliphatic rings. The Morgan fingerprint density at radius 3 is 1.75 bits per heavy atom. The largest absolute Gasteiger partial charge is 0.393 e. The van der Waals surface area contributed by atoms with Gasteiger partial charge >= 0.3 is 6.18 Å². The smallest absolute Gasteiger partial charge is 0.347 e. The van der Waals surface area contributed by atoms with Crippen LogP contribution in [0.5, 0.6) is 0 Å². The van der Waals surface area contributed by atoms with Gasteiger partial charge in [-0.15, -0.1) is 23.2 Å². The predicted molar refractivity (Wildman–Crippen MR) is 395 cm³/mol. The molecule has 4 saturated carbocycles. The van der Waals surface area contributed by atoms with Crippen molar-refractivity contribution >= 4 is 94.1 Å². The van der Waals surface area contributed by atoms with Crippen molar-refractivity contribution in [3.8, 4) is 0 Å².